The van der Waals surface area contributed by atoms with Gasteiger partial charge in [0, 0.05) is 32.7 Å². The van der Waals surface area contributed by atoms with Gasteiger partial charge in [-0.05, 0) is 37.9 Å². The summed E-state index contributed by atoms with van der Waals surface area (Å²) in [5.41, 5.74) is 0.751. The summed E-state index contributed by atoms with van der Waals surface area (Å²) in [5.74, 6) is -1.19. The highest BCUT2D eigenvalue weighted by molar-refractivity contribution is 6.35. The number of hydrogen-bond acceptors (Lipinski definition) is 4. The van der Waals surface area contributed by atoms with Gasteiger partial charge in [-0.2, -0.15) is 0 Å². The summed E-state index contributed by atoms with van der Waals surface area (Å²) in [6.45, 7) is 5.26. The Hall–Kier alpha value is -2.41. The molecule has 0 aliphatic carbocycles. The van der Waals surface area contributed by atoms with Crippen LogP contribution in [0.5, 0.6) is 0 Å². The molecule has 1 aromatic carbocycles. The molecule has 0 aromatic heterocycles. The number of rotatable bonds is 7. The molecule has 2 aliphatic heterocycles. The molecule has 7 nitrogen and oxygen atoms in total. The van der Waals surface area contributed by atoms with E-state index in [9.17, 15) is 14.4 Å². The second kappa shape index (κ2) is 9.87. The number of benzene rings is 1. The monoisotopic (exact) mass is 400 g/mol. The number of likely N-dealkylation sites (N-methyl/N-ethyl adjacent to an activating group) is 1. The van der Waals surface area contributed by atoms with E-state index in [0.29, 0.717) is 19.6 Å². The number of piperidine rings is 1. The predicted molar refractivity (Wildman–Crippen MR) is 111 cm³/mol. The summed E-state index contributed by atoms with van der Waals surface area (Å²) in [4.78, 5) is 44.0. The molecule has 2 saturated heterocycles. The van der Waals surface area contributed by atoms with Gasteiger partial charge < -0.3 is 20.0 Å². The number of nitrogens with zero attached hydrogens (tertiary/aromatic N) is 3. The molecule has 2 heterocycles. The second-order valence-corrected chi connectivity index (χ2v) is 7.89. The molecular formula is C22H32N4O3. The van der Waals surface area contributed by atoms with Gasteiger partial charge in [-0.15, -0.1) is 0 Å². The van der Waals surface area contributed by atoms with Crippen molar-refractivity contribution < 1.29 is 14.4 Å². The Bertz CT molecular complexity index is 718. The summed E-state index contributed by atoms with van der Waals surface area (Å²) < 4.78 is 0. The molecule has 2 fully saturated rings. The molecule has 0 saturated carbocycles. The molecule has 0 bridgehead atoms. The largest absolute Gasteiger partial charge is 0.341 e. The normalized spacial score (nSPS) is 19.4. The van der Waals surface area contributed by atoms with Crippen LogP contribution in [0.3, 0.4) is 0 Å². The van der Waals surface area contributed by atoms with Crippen LogP contribution in [0, 0.1) is 0 Å². The fourth-order valence-corrected chi connectivity index (χ4v) is 4.16. The maximum atomic E-state index is 13.5. The number of nitrogens with one attached hydrogen (secondary N) is 1. The third kappa shape index (κ3) is 4.78. The zero-order chi connectivity index (χ0) is 20.8. The molecule has 7 heteroatoms. The van der Waals surface area contributed by atoms with Gasteiger partial charge in [-0.25, -0.2) is 0 Å². The van der Waals surface area contributed by atoms with Crippen molar-refractivity contribution in [3.63, 3.8) is 0 Å². The van der Waals surface area contributed by atoms with Crippen molar-refractivity contribution in [3.8, 4) is 0 Å². The fourth-order valence-electron chi connectivity index (χ4n) is 4.16. The van der Waals surface area contributed by atoms with Crippen LogP contribution in [0.2, 0.25) is 0 Å². The number of carbonyl (C=O) groups excluding carboxylic acids is 3. The molecule has 1 atom stereocenters. The van der Waals surface area contributed by atoms with E-state index in [2.05, 4.69) is 12.2 Å². The Kier molecular flexibility index (Phi) is 7.25. The number of unbranched alkanes of at least 4 members (excludes halogenated alkanes) is 1. The van der Waals surface area contributed by atoms with Crippen molar-refractivity contribution in [1.82, 2.24) is 20.0 Å². The Morgan fingerprint density at radius 1 is 1.14 bits per heavy atom. The average molecular weight is 401 g/mol. The van der Waals surface area contributed by atoms with Crippen LogP contribution in [0.15, 0.2) is 30.3 Å². The van der Waals surface area contributed by atoms with E-state index in [1.54, 1.807) is 9.80 Å². The standard InChI is InChI=1S/C22H32N4O3/c1-3-4-14-25-15-16-26(22(29)21(25)28)19(17-8-6-5-7-9-17)20(27)24(2)18-10-12-23-13-11-18/h5-9,18-19,23H,3-4,10-16H2,1-2H3. The lowest BCUT2D eigenvalue weighted by molar-refractivity contribution is -0.161. The van der Waals surface area contributed by atoms with Crippen LogP contribution in [0.4, 0.5) is 0 Å². The quantitative estimate of drug-likeness (QED) is 0.703. The van der Waals surface area contributed by atoms with Gasteiger partial charge in [0.25, 0.3) is 0 Å². The Balaban J connectivity index is 1.83. The third-order valence-corrected chi connectivity index (χ3v) is 5.99. The third-order valence-electron chi connectivity index (χ3n) is 5.99. The van der Waals surface area contributed by atoms with Crippen molar-refractivity contribution in [1.29, 1.82) is 0 Å². The SMILES string of the molecule is CCCCN1CCN(C(C(=O)N(C)C2CCNCC2)c2ccccc2)C(=O)C1=O. The van der Waals surface area contributed by atoms with E-state index >= 15 is 0 Å². The molecule has 1 N–H and O–H groups in total. The van der Waals surface area contributed by atoms with Gasteiger partial charge in [0.2, 0.25) is 5.91 Å². The summed E-state index contributed by atoms with van der Waals surface area (Å²) in [5, 5.41) is 3.31. The van der Waals surface area contributed by atoms with Crippen molar-refractivity contribution in [2.45, 2.75) is 44.7 Å². The molecule has 2 aliphatic rings. The zero-order valence-electron chi connectivity index (χ0n) is 17.5. The first kappa shape index (κ1) is 21.3. The first-order chi connectivity index (χ1) is 14.0. The van der Waals surface area contributed by atoms with Crippen LogP contribution < -0.4 is 5.32 Å². The molecule has 0 spiro atoms. The molecule has 29 heavy (non-hydrogen) atoms. The van der Waals surface area contributed by atoms with Crippen LogP contribution >= 0.6 is 0 Å². The van der Waals surface area contributed by atoms with Crippen LogP contribution in [-0.4, -0.2) is 78.2 Å². The summed E-state index contributed by atoms with van der Waals surface area (Å²) >= 11 is 0. The first-order valence-electron chi connectivity index (χ1n) is 10.7. The molecule has 0 radical (unpaired) electrons. The summed E-state index contributed by atoms with van der Waals surface area (Å²) in [6, 6.07) is 8.72. The lowest BCUT2D eigenvalue weighted by atomic mass is 9.99. The number of amides is 3. The maximum Gasteiger partial charge on any atom is 0.313 e. The Morgan fingerprint density at radius 3 is 2.48 bits per heavy atom. The molecule has 1 unspecified atom stereocenters. The van der Waals surface area contributed by atoms with Gasteiger partial charge in [-0.1, -0.05) is 43.7 Å². The highest BCUT2D eigenvalue weighted by atomic mass is 16.2. The van der Waals surface area contributed by atoms with E-state index < -0.39 is 17.9 Å². The Labute approximate surface area is 173 Å². The molecule has 158 valence electrons. The first-order valence-corrected chi connectivity index (χ1v) is 10.7. The average Bonchev–Trinajstić information content (AvgIpc) is 2.77. The van der Waals surface area contributed by atoms with E-state index in [-0.39, 0.29) is 11.9 Å². The van der Waals surface area contributed by atoms with Crippen molar-refractivity contribution in [3.05, 3.63) is 35.9 Å². The molecule has 1 aromatic rings. The minimum absolute atomic E-state index is 0.119. The zero-order valence-corrected chi connectivity index (χ0v) is 17.5. The molecular weight excluding hydrogens is 368 g/mol. The van der Waals surface area contributed by atoms with E-state index in [4.69, 9.17) is 0 Å². The Morgan fingerprint density at radius 2 is 1.83 bits per heavy atom. The summed E-state index contributed by atoms with van der Waals surface area (Å²) in [6.07, 6.45) is 3.62. The minimum Gasteiger partial charge on any atom is -0.341 e. The van der Waals surface area contributed by atoms with Crippen molar-refractivity contribution in [2.75, 3.05) is 39.8 Å². The second-order valence-electron chi connectivity index (χ2n) is 7.89. The van der Waals surface area contributed by atoms with Crippen LogP contribution in [0.1, 0.15) is 44.2 Å². The summed E-state index contributed by atoms with van der Waals surface area (Å²) in [7, 11) is 1.82. The van der Waals surface area contributed by atoms with Crippen LogP contribution in [-0.2, 0) is 14.4 Å². The van der Waals surface area contributed by atoms with Gasteiger partial charge in [0.15, 0.2) is 0 Å². The van der Waals surface area contributed by atoms with Gasteiger partial charge in [-0.3, -0.25) is 14.4 Å². The highest BCUT2D eigenvalue weighted by Crippen LogP contribution is 2.27. The molecule has 3 rings (SSSR count). The number of piperazine rings is 1. The topological polar surface area (TPSA) is 73.0 Å². The van der Waals surface area contributed by atoms with Crippen molar-refractivity contribution >= 4 is 17.7 Å². The number of hydrogen-bond donors (Lipinski definition) is 1. The van der Waals surface area contributed by atoms with Gasteiger partial charge in [0.1, 0.15) is 6.04 Å². The lowest BCUT2D eigenvalue weighted by Gasteiger charge is -2.41. The predicted octanol–water partition coefficient (Wildman–Crippen LogP) is 1.41. The van der Waals surface area contributed by atoms with E-state index in [1.165, 1.54) is 4.90 Å². The molecule has 3 amide bonds. The lowest BCUT2D eigenvalue weighted by Crippen LogP contribution is -2.58. The van der Waals surface area contributed by atoms with E-state index in [0.717, 1.165) is 44.3 Å². The van der Waals surface area contributed by atoms with Crippen LogP contribution in [0.25, 0.3) is 0 Å². The van der Waals surface area contributed by atoms with Gasteiger partial charge >= 0.3 is 11.8 Å². The minimum atomic E-state index is -0.763. The van der Waals surface area contributed by atoms with E-state index in [1.807, 2.05) is 37.4 Å². The maximum absolute atomic E-state index is 13.5. The highest BCUT2D eigenvalue weighted by Gasteiger charge is 2.41. The fraction of sp³-hybridized carbons (Fsp3) is 0.591. The van der Waals surface area contributed by atoms with Crippen molar-refractivity contribution in [2.24, 2.45) is 0 Å². The number of carbonyl (C=O) groups is 3. The smallest absolute Gasteiger partial charge is 0.313 e. The van der Waals surface area contributed by atoms with Gasteiger partial charge in [0.05, 0.1) is 0 Å².